The summed E-state index contributed by atoms with van der Waals surface area (Å²) in [4.78, 5) is 22.9. The fourth-order valence-electron chi connectivity index (χ4n) is 3.46. The Bertz CT molecular complexity index is 1410. The average molecular weight is 468 g/mol. The fraction of sp³-hybridized carbons (Fsp3) is 0.0870. The van der Waals surface area contributed by atoms with Crippen LogP contribution in [0.1, 0.15) is 11.3 Å². The number of benzene rings is 2. The van der Waals surface area contributed by atoms with Gasteiger partial charge >= 0.3 is 11.9 Å². The largest absolute Gasteiger partial charge is 0.504 e. The Labute approximate surface area is 190 Å². The number of pyridine rings is 1. The highest BCUT2D eigenvalue weighted by molar-refractivity contribution is 5.81. The highest BCUT2D eigenvalue weighted by Crippen LogP contribution is 2.42. The molecule has 0 amide bonds. The van der Waals surface area contributed by atoms with Gasteiger partial charge in [0.15, 0.2) is 11.6 Å². The first-order valence-electron chi connectivity index (χ1n) is 9.74. The smallest absolute Gasteiger partial charge is 0.417 e. The Morgan fingerprint density at radius 3 is 2.32 bits per heavy atom. The maximum Gasteiger partial charge on any atom is 0.417 e. The molecule has 0 aliphatic rings. The van der Waals surface area contributed by atoms with Crippen LogP contribution in [0.3, 0.4) is 0 Å². The summed E-state index contributed by atoms with van der Waals surface area (Å²) >= 11 is 0. The number of nitro benzene ring substituents is 1. The monoisotopic (exact) mass is 468 g/mol. The summed E-state index contributed by atoms with van der Waals surface area (Å²) < 4.78 is 42.2. The van der Waals surface area contributed by atoms with Crippen LogP contribution in [0, 0.1) is 17.0 Å². The summed E-state index contributed by atoms with van der Waals surface area (Å²) in [6, 6.07) is 12.4. The number of aromatic nitrogens is 3. The molecule has 0 spiro atoms. The third-order valence-corrected chi connectivity index (χ3v) is 4.94. The zero-order valence-electron chi connectivity index (χ0n) is 17.4. The van der Waals surface area contributed by atoms with E-state index < -0.39 is 33.8 Å². The number of phenolic OH excluding ortho intramolecular Hbond substituents is 2. The van der Waals surface area contributed by atoms with E-state index in [1.54, 1.807) is 30.3 Å². The van der Waals surface area contributed by atoms with Gasteiger partial charge in [-0.3, -0.25) is 15.1 Å². The lowest BCUT2D eigenvalue weighted by molar-refractivity contribution is -0.385. The predicted molar refractivity (Wildman–Crippen MR) is 116 cm³/mol. The normalized spacial score (nSPS) is 11.4. The van der Waals surface area contributed by atoms with Crippen LogP contribution in [-0.4, -0.2) is 30.1 Å². The standard InChI is InChI=1S/C23H15F3N4O4/c1-12-9-15(23(24,25)26)19(20(28-12)13-5-3-2-4-6-13)22-27-8-7-16(29-22)14-10-17(30(33)34)21(32)18(31)11-14/h2-11,31-32H,1H3. The van der Waals surface area contributed by atoms with Crippen molar-refractivity contribution < 1.29 is 28.3 Å². The van der Waals surface area contributed by atoms with E-state index in [2.05, 4.69) is 15.0 Å². The average Bonchev–Trinajstić information content (AvgIpc) is 2.80. The zero-order valence-corrected chi connectivity index (χ0v) is 17.4. The molecule has 2 aromatic carbocycles. The molecule has 0 aliphatic carbocycles. The molecule has 8 nitrogen and oxygen atoms in total. The molecule has 0 unspecified atom stereocenters. The van der Waals surface area contributed by atoms with Gasteiger partial charge in [0.1, 0.15) is 0 Å². The minimum Gasteiger partial charge on any atom is -0.504 e. The van der Waals surface area contributed by atoms with E-state index in [-0.39, 0.29) is 34.0 Å². The fourth-order valence-corrected chi connectivity index (χ4v) is 3.46. The molecule has 0 bridgehead atoms. The van der Waals surface area contributed by atoms with Gasteiger partial charge in [-0.05, 0) is 25.1 Å². The van der Waals surface area contributed by atoms with E-state index in [1.165, 1.54) is 19.2 Å². The summed E-state index contributed by atoms with van der Waals surface area (Å²) in [5.74, 6) is -2.02. The van der Waals surface area contributed by atoms with Gasteiger partial charge < -0.3 is 10.2 Å². The molecule has 2 heterocycles. The van der Waals surface area contributed by atoms with E-state index in [0.717, 1.165) is 18.2 Å². The summed E-state index contributed by atoms with van der Waals surface area (Å²) in [6.07, 6.45) is -3.55. The number of hydrogen-bond acceptors (Lipinski definition) is 7. The van der Waals surface area contributed by atoms with Crippen molar-refractivity contribution in [1.82, 2.24) is 15.0 Å². The molecule has 0 fully saturated rings. The number of hydrogen-bond donors (Lipinski definition) is 2. The summed E-state index contributed by atoms with van der Waals surface area (Å²) in [5.41, 5.74) is -1.56. The molecule has 11 heteroatoms. The van der Waals surface area contributed by atoms with Gasteiger partial charge in [0.25, 0.3) is 0 Å². The second-order valence-electron chi connectivity index (χ2n) is 7.28. The van der Waals surface area contributed by atoms with Crippen molar-refractivity contribution in [1.29, 1.82) is 0 Å². The number of nitro groups is 1. The molecule has 172 valence electrons. The number of aromatic hydroxyl groups is 2. The minimum atomic E-state index is -4.75. The Morgan fingerprint density at radius 2 is 1.68 bits per heavy atom. The Hall–Kier alpha value is -4.54. The number of aryl methyl sites for hydroxylation is 1. The molecular weight excluding hydrogens is 453 g/mol. The van der Waals surface area contributed by atoms with Crippen molar-refractivity contribution in [3.05, 3.63) is 82.2 Å². The van der Waals surface area contributed by atoms with E-state index >= 15 is 0 Å². The Morgan fingerprint density at radius 1 is 0.971 bits per heavy atom. The molecule has 4 rings (SSSR count). The van der Waals surface area contributed by atoms with Crippen LogP contribution < -0.4 is 0 Å². The number of rotatable bonds is 4. The quantitative estimate of drug-likeness (QED) is 0.230. The number of halogens is 3. The van der Waals surface area contributed by atoms with E-state index in [9.17, 15) is 33.5 Å². The van der Waals surface area contributed by atoms with Crippen molar-refractivity contribution in [2.75, 3.05) is 0 Å². The maximum absolute atomic E-state index is 14.1. The predicted octanol–water partition coefficient (Wildman–Crippen LogP) is 5.52. The summed E-state index contributed by atoms with van der Waals surface area (Å²) in [6.45, 7) is 1.45. The van der Waals surface area contributed by atoms with Crippen LogP contribution in [0.15, 0.2) is 60.8 Å². The van der Waals surface area contributed by atoms with E-state index in [1.807, 2.05) is 0 Å². The molecule has 0 aliphatic heterocycles. The Balaban J connectivity index is 1.99. The lowest BCUT2D eigenvalue weighted by atomic mass is 9.98. The SMILES string of the molecule is Cc1cc(C(F)(F)F)c(-c2nccc(-c3cc(O)c(O)c([N+](=O)[O-])c3)n2)c(-c2ccccc2)n1. The van der Waals surface area contributed by atoms with Crippen molar-refractivity contribution in [2.24, 2.45) is 0 Å². The number of alkyl halides is 3. The molecule has 4 aromatic rings. The molecule has 0 saturated heterocycles. The number of phenols is 2. The van der Waals surface area contributed by atoms with Gasteiger partial charge in [-0.1, -0.05) is 30.3 Å². The lowest BCUT2D eigenvalue weighted by Gasteiger charge is -2.17. The molecule has 0 atom stereocenters. The van der Waals surface area contributed by atoms with Crippen LogP contribution in [0.25, 0.3) is 33.9 Å². The third kappa shape index (κ3) is 4.22. The third-order valence-electron chi connectivity index (χ3n) is 4.94. The maximum atomic E-state index is 14.1. The van der Waals surface area contributed by atoms with Crippen molar-refractivity contribution in [2.45, 2.75) is 13.1 Å². The van der Waals surface area contributed by atoms with Gasteiger partial charge in [0.2, 0.25) is 5.75 Å². The van der Waals surface area contributed by atoms with Gasteiger partial charge in [0.05, 0.1) is 27.4 Å². The second-order valence-corrected chi connectivity index (χ2v) is 7.28. The van der Waals surface area contributed by atoms with Crippen molar-refractivity contribution in [3.8, 4) is 45.4 Å². The topological polar surface area (TPSA) is 122 Å². The van der Waals surface area contributed by atoms with Crippen LogP contribution in [0.5, 0.6) is 11.5 Å². The first-order chi connectivity index (χ1) is 16.1. The van der Waals surface area contributed by atoms with Gasteiger partial charge in [-0.25, -0.2) is 9.97 Å². The first kappa shape index (κ1) is 22.6. The molecule has 0 radical (unpaired) electrons. The summed E-state index contributed by atoms with van der Waals surface area (Å²) in [5, 5.41) is 30.8. The second kappa shape index (κ2) is 8.43. The van der Waals surface area contributed by atoms with Crippen LogP contribution in [0.2, 0.25) is 0 Å². The van der Waals surface area contributed by atoms with Crippen LogP contribution in [0.4, 0.5) is 18.9 Å². The first-order valence-corrected chi connectivity index (χ1v) is 9.74. The lowest BCUT2D eigenvalue weighted by Crippen LogP contribution is -2.11. The molecule has 2 N–H and O–H groups in total. The molecular formula is C23H15F3N4O4. The highest BCUT2D eigenvalue weighted by atomic mass is 19.4. The molecule has 34 heavy (non-hydrogen) atoms. The van der Waals surface area contributed by atoms with Gasteiger partial charge in [0, 0.05) is 29.1 Å². The number of nitrogens with zero attached hydrogens (tertiary/aromatic N) is 4. The van der Waals surface area contributed by atoms with E-state index in [4.69, 9.17) is 0 Å². The van der Waals surface area contributed by atoms with Crippen LogP contribution >= 0.6 is 0 Å². The highest BCUT2D eigenvalue weighted by Gasteiger charge is 2.37. The zero-order chi connectivity index (χ0) is 24.6. The minimum absolute atomic E-state index is 0.000501. The van der Waals surface area contributed by atoms with E-state index in [0.29, 0.717) is 5.56 Å². The molecule has 0 saturated carbocycles. The van der Waals surface area contributed by atoms with Gasteiger partial charge in [-0.15, -0.1) is 0 Å². The van der Waals surface area contributed by atoms with Crippen molar-refractivity contribution in [3.63, 3.8) is 0 Å². The Kier molecular flexibility index (Phi) is 5.61. The summed E-state index contributed by atoms with van der Waals surface area (Å²) in [7, 11) is 0. The van der Waals surface area contributed by atoms with Crippen LogP contribution in [-0.2, 0) is 6.18 Å². The van der Waals surface area contributed by atoms with Gasteiger partial charge in [-0.2, -0.15) is 13.2 Å². The molecule has 2 aromatic heterocycles. The van der Waals surface area contributed by atoms with Crippen molar-refractivity contribution >= 4 is 5.69 Å².